The van der Waals surface area contributed by atoms with Crippen LogP contribution < -0.4 is 10.1 Å². The number of nitrogens with zero attached hydrogens (tertiary/aromatic N) is 1. The Morgan fingerprint density at radius 1 is 1.16 bits per heavy atom. The summed E-state index contributed by atoms with van der Waals surface area (Å²) in [6.45, 7) is 0.407. The number of nitrogens with one attached hydrogen (secondary N) is 1. The fourth-order valence-corrected chi connectivity index (χ4v) is 3.46. The van der Waals surface area contributed by atoms with Gasteiger partial charge in [-0.1, -0.05) is 12.8 Å². The average molecular weight is 356 g/mol. The smallest absolute Gasteiger partial charge is 0.406 e. The van der Waals surface area contributed by atoms with Crippen LogP contribution in [0.5, 0.6) is 5.75 Å². The summed E-state index contributed by atoms with van der Waals surface area (Å²) >= 11 is 0. The first-order valence-corrected chi connectivity index (χ1v) is 8.28. The van der Waals surface area contributed by atoms with Gasteiger partial charge in [-0.2, -0.15) is 0 Å². The van der Waals surface area contributed by atoms with Crippen molar-refractivity contribution in [3.8, 4) is 5.75 Å². The van der Waals surface area contributed by atoms with Gasteiger partial charge in [-0.3, -0.25) is 9.59 Å². The molecule has 2 amide bonds. The number of hydrogen-bond acceptors (Lipinski definition) is 3. The van der Waals surface area contributed by atoms with Gasteiger partial charge in [-0.15, -0.1) is 13.2 Å². The number of ether oxygens (including phenoxy) is 1. The maximum atomic E-state index is 12.3. The molecule has 2 fully saturated rings. The zero-order valence-corrected chi connectivity index (χ0v) is 13.5. The van der Waals surface area contributed by atoms with Crippen LogP contribution in [0.25, 0.3) is 0 Å². The number of carbonyl (C=O) groups is 2. The molecule has 0 radical (unpaired) electrons. The Morgan fingerprint density at radius 3 is 2.40 bits per heavy atom. The average Bonchev–Trinajstić information content (AvgIpc) is 3.17. The van der Waals surface area contributed by atoms with Crippen LogP contribution in [0.15, 0.2) is 24.3 Å². The van der Waals surface area contributed by atoms with E-state index >= 15 is 0 Å². The van der Waals surface area contributed by atoms with E-state index in [0.29, 0.717) is 12.2 Å². The van der Waals surface area contributed by atoms with Crippen molar-refractivity contribution in [2.24, 2.45) is 5.92 Å². The Kier molecular flexibility index (Phi) is 4.87. The van der Waals surface area contributed by atoms with E-state index in [2.05, 4.69) is 10.1 Å². The second-order valence-electron chi connectivity index (χ2n) is 6.45. The van der Waals surface area contributed by atoms with Gasteiger partial charge in [-0.25, -0.2) is 0 Å². The molecule has 1 saturated carbocycles. The predicted molar refractivity (Wildman–Crippen MR) is 83.8 cm³/mol. The number of anilines is 1. The number of alkyl halides is 3. The third-order valence-electron chi connectivity index (χ3n) is 4.65. The van der Waals surface area contributed by atoms with Crippen LogP contribution >= 0.6 is 0 Å². The normalized spacial score (nSPS) is 21.6. The van der Waals surface area contributed by atoms with E-state index in [1.54, 1.807) is 4.90 Å². The lowest BCUT2D eigenvalue weighted by atomic mass is 10.1. The molecule has 0 bridgehead atoms. The van der Waals surface area contributed by atoms with Crippen molar-refractivity contribution in [3.05, 3.63) is 24.3 Å². The number of likely N-dealkylation sites (tertiary alicyclic amines) is 1. The van der Waals surface area contributed by atoms with Crippen molar-refractivity contribution in [1.29, 1.82) is 0 Å². The van der Waals surface area contributed by atoms with E-state index in [1.165, 1.54) is 12.1 Å². The summed E-state index contributed by atoms with van der Waals surface area (Å²) in [5, 5.41) is 2.65. The highest BCUT2D eigenvalue weighted by molar-refractivity contribution is 5.97. The minimum Gasteiger partial charge on any atom is -0.406 e. The third kappa shape index (κ3) is 4.43. The van der Waals surface area contributed by atoms with Crippen LogP contribution in [0, 0.1) is 5.92 Å². The van der Waals surface area contributed by atoms with Gasteiger partial charge in [0.05, 0.1) is 5.92 Å². The summed E-state index contributed by atoms with van der Waals surface area (Å²) in [5.41, 5.74) is 0.367. The van der Waals surface area contributed by atoms with E-state index in [9.17, 15) is 22.8 Å². The molecule has 1 atom stereocenters. The minimum absolute atomic E-state index is 0.000903. The van der Waals surface area contributed by atoms with Crippen molar-refractivity contribution in [3.63, 3.8) is 0 Å². The summed E-state index contributed by atoms with van der Waals surface area (Å²) in [7, 11) is 0. The van der Waals surface area contributed by atoms with E-state index in [1.807, 2.05) is 0 Å². The molecule has 136 valence electrons. The highest BCUT2D eigenvalue weighted by atomic mass is 19.4. The summed E-state index contributed by atoms with van der Waals surface area (Å²) in [5.74, 6) is -1.08. The maximum absolute atomic E-state index is 12.3. The highest BCUT2D eigenvalue weighted by Gasteiger charge is 2.38. The monoisotopic (exact) mass is 356 g/mol. The first-order chi connectivity index (χ1) is 11.8. The lowest BCUT2D eigenvalue weighted by molar-refractivity contribution is -0.274. The third-order valence-corrected chi connectivity index (χ3v) is 4.65. The maximum Gasteiger partial charge on any atom is 0.573 e. The zero-order chi connectivity index (χ0) is 18.0. The SMILES string of the molecule is O=C(Nc1ccc(OC(F)(F)F)cc1)[C@H]1CC(=O)N(C2CCCC2)C1. The quantitative estimate of drug-likeness (QED) is 0.900. The zero-order valence-electron chi connectivity index (χ0n) is 13.5. The van der Waals surface area contributed by atoms with Crippen LogP contribution in [-0.4, -0.2) is 35.7 Å². The molecular weight excluding hydrogens is 337 g/mol. The van der Waals surface area contributed by atoms with Crippen LogP contribution in [0.4, 0.5) is 18.9 Å². The topological polar surface area (TPSA) is 58.6 Å². The number of carbonyl (C=O) groups excluding carboxylic acids is 2. The fourth-order valence-electron chi connectivity index (χ4n) is 3.46. The molecule has 1 aliphatic carbocycles. The molecule has 8 heteroatoms. The second-order valence-corrected chi connectivity index (χ2v) is 6.45. The second kappa shape index (κ2) is 6.93. The molecule has 25 heavy (non-hydrogen) atoms. The van der Waals surface area contributed by atoms with E-state index in [4.69, 9.17) is 0 Å². The van der Waals surface area contributed by atoms with E-state index < -0.39 is 12.3 Å². The molecule has 1 aromatic rings. The molecule has 1 N–H and O–H groups in total. The van der Waals surface area contributed by atoms with Gasteiger partial charge in [0.2, 0.25) is 11.8 Å². The first-order valence-electron chi connectivity index (χ1n) is 8.28. The molecule has 0 aromatic heterocycles. The lowest BCUT2D eigenvalue weighted by Gasteiger charge is -2.23. The molecular formula is C17H19F3N2O3. The number of halogens is 3. The van der Waals surface area contributed by atoms with Gasteiger partial charge in [0.1, 0.15) is 5.75 Å². The Balaban J connectivity index is 1.56. The Hall–Kier alpha value is -2.25. The van der Waals surface area contributed by atoms with Gasteiger partial charge < -0.3 is 15.0 Å². The highest BCUT2D eigenvalue weighted by Crippen LogP contribution is 2.30. The number of amides is 2. The summed E-state index contributed by atoms with van der Waals surface area (Å²) < 4.78 is 40.2. The molecule has 0 spiro atoms. The largest absolute Gasteiger partial charge is 0.573 e. The molecule has 1 aromatic carbocycles. The van der Waals surface area contributed by atoms with E-state index in [0.717, 1.165) is 37.8 Å². The van der Waals surface area contributed by atoms with Crippen LogP contribution in [-0.2, 0) is 9.59 Å². The van der Waals surface area contributed by atoms with Gasteiger partial charge in [0.15, 0.2) is 0 Å². The van der Waals surface area contributed by atoms with Crippen molar-refractivity contribution in [2.75, 3.05) is 11.9 Å². The van der Waals surface area contributed by atoms with Crippen LogP contribution in [0.3, 0.4) is 0 Å². The van der Waals surface area contributed by atoms with Crippen molar-refractivity contribution < 1.29 is 27.5 Å². The first kappa shape index (κ1) is 17.6. The summed E-state index contributed by atoms with van der Waals surface area (Å²) in [4.78, 5) is 26.3. The number of benzene rings is 1. The van der Waals surface area contributed by atoms with Gasteiger partial charge >= 0.3 is 6.36 Å². The molecule has 3 rings (SSSR count). The van der Waals surface area contributed by atoms with Gasteiger partial charge in [0, 0.05) is 24.7 Å². The van der Waals surface area contributed by atoms with Crippen LogP contribution in [0.1, 0.15) is 32.1 Å². The standard InChI is InChI=1S/C17H19F3N2O3/c18-17(19,20)25-14-7-5-12(6-8-14)21-16(24)11-9-15(23)22(10-11)13-3-1-2-4-13/h5-8,11,13H,1-4,9-10H2,(H,21,24)/t11-/m0/s1. The lowest BCUT2D eigenvalue weighted by Crippen LogP contribution is -2.35. The summed E-state index contributed by atoms with van der Waals surface area (Å²) in [6.07, 6.45) is -0.382. The van der Waals surface area contributed by atoms with Gasteiger partial charge in [-0.05, 0) is 37.1 Å². The molecule has 0 unspecified atom stereocenters. The molecule has 1 saturated heterocycles. The number of rotatable bonds is 4. The van der Waals surface area contributed by atoms with Gasteiger partial charge in [0.25, 0.3) is 0 Å². The Labute approximate surface area is 143 Å². The summed E-state index contributed by atoms with van der Waals surface area (Å²) in [6, 6.07) is 5.18. The molecule has 5 nitrogen and oxygen atoms in total. The van der Waals surface area contributed by atoms with Crippen molar-refractivity contribution in [2.45, 2.75) is 44.5 Å². The molecule has 1 heterocycles. The minimum atomic E-state index is -4.75. The predicted octanol–water partition coefficient (Wildman–Crippen LogP) is 3.31. The van der Waals surface area contributed by atoms with Crippen LogP contribution in [0.2, 0.25) is 0 Å². The Morgan fingerprint density at radius 2 is 1.80 bits per heavy atom. The Bertz CT molecular complexity index is 640. The van der Waals surface area contributed by atoms with E-state index in [-0.39, 0.29) is 30.0 Å². The molecule has 1 aliphatic heterocycles. The van der Waals surface area contributed by atoms with Crippen molar-refractivity contribution in [1.82, 2.24) is 4.90 Å². The molecule has 2 aliphatic rings. The number of hydrogen-bond donors (Lipinski definition) is 1. The fraction of sp³-hybridized carbons (Fsp3) is 0.529. The van der Waals surface area contributed by atoms with Crippen molar-refractivity contribution >= 4 is 17.5 Å².